The SMILES string of the molecule is COC(=O)c1cccc([N+](=O)[O-])c1N(Cc1ccccc1)S(=O)(=O)c1ccc(OC)cc1. The minimum absolute atomic E-state index is 0.122. The normalized spacial score (nSPS) is 10.9. The van der Waals surface area contributed by atoms with Gasteiger partial charge < -0.3 is 9.47 Å². The number of hydrogen-bond acceptors (Lipinski definition) is 7. The van der Waals surface area contributed by atoms with E-state index in [-0.39, 0.29) is 22.7 Å². The van der Waals surface area contributed by atoms with Crippen molar-refractivity contribution in [2.75, 3.05) is 18.5 Å². The monoisotopic (exact) mass is 456 g/mol. The van der Waals surface area contributed by atoms with Crippen molar-refractivity contribution in [1.82, 2.24) is 0 Å². The summed E-state index contributed by atoms with van der Waals surface area (Å²) in [6.07, 6.45) is 0. The van der Waals surface area contributed by atoms with E-state index < -0.39 is 26.6 Å². The zero-order valence-corrected chi connectivity index (χ0v) is 18.1. The highest BCUT2D eigenvalue weighted by Crippen LogP contribution is 2.37. The average molecular weight is 456 g/mol. The van der Waals surface area contributed by atoms with Gasteiger partial charge >= 0.3 is 5.97 Å². The molecule has 0 aliphatic heterocycles. The molecule has 0 aliphatic rings. The molecule has 0 saturated carbocycles. The molecule has 0 radical (unpaired) electrons. The van der Waals surface area contributed by atoms with E-state index in [4.69, 9.17) is 9.47 Å². The Labute approximate surface area is 185 Å². The number of hydrogen-bond donors (Lipinski definition) is 0. The number of carbonyl (C=O) groups excluding carboxylic acids is 1. The number of nitro benzene ring substituents is 1. The van der Waals surface area contributed by atoms with Gasteiger partial charge in [-0.3, -0.25) is 14.4 Å². The molecule has 0 amide bonds. The lowest BCUT2D eigenvalue weighted by atomic mass is 10.1. The summed E-state index contributed by atoms with van der Waals surface area (Å²) in [5, 5.41) is 11.8. The van der Waals surface area contributed by atoms with Crippen LogP contribution in [0.5, 0.6) is 5.75 Å². The number of benzene rings is 3. The Morgan fingerprint density at radius 3 is 2.19 bits per heavy atom. The Bertz CT molecular complexity index is 1230. The van der Waals surface area contributed by atoms with Gasteiger partial charge in [0.1, 0.15) is 11.4 Å². The number of esters is 1. The van der Waals surface area contributed by atoms with Gasteiger partial charge in [-0.1, -0.05) is 36.4 Å². The molecule has 166 valence electrons. The molecule has 0 heterocycles. The van der Waals surface area contributed by atoms with E-state index in [2.05, 4.69) is 0 Å². The highest BCUT2D eigenvalue weighted by atomic mass is 32.2. The molecule has 0 N–H and O–H groups in total. The van der Waals surface area contributed by atoms with Gasteiger partial charge in [0.25, 0.3) is 15.7 Å². The second-order valence-electron chi connectivity index (χ2n) is 6.59. The van der Waals surface area contributed by atoms with Crippen LogP contribution in [-0.4, -0.2) is 33.5 Å². The molecule has 0 saturated heterocycles. The molecule has 3 rings (SSSR count). The first-order valence-electron chi connectivity index (χ1n) is 9.36. The number of para-hydroxylation sites is 1. The Kier molecular flexibility index (Phi) is 6.74. The zero-order valence-electron chi connectivity index (χ0n) is 17.3. The van der Waals surface area contributed by atoms with E-state index in [0.29, 0.717) is 11.3 Å². The van der Waals surface area contributed by atoms with Crippen molar-refractivity contribution >= 4 is 27.4 Å². The summed E-state index contributed by atoms with van der Waals surface area (Å²) in [4.78, 5) is 23.4. The van der Waals surface area contributed by atoms with Gasteiger partial charge in [-0.25, -0.2) is 13.2 Å². The Morgan fingerprint density at radius 2 is 1.62 bits per heavy atom. The molecule has 3 aromatic rings. The lowest BCUT2D eigenvalue weighted by Gasteiger charge is -2.26. The van der Waals surface area contributed by atoms with Crippen molar-refractivity contribution in [2.45, 2.75) is 11.4 Å². The van der Waals surface area contributed by atoms with E-state index in [9.17, 15) is 23.3 Å². The molecule has 32 heavy (non-hydrogen) atoms. The van der Waals surface area contributed by atoms with Crippen LogP contribution in [0.1, 0.15) is 15.9 Å². The topological polar surface area (TPSA) is 116 Å². The Hall–Kier alpha value is -3.92. The third-order valence-corrected chi connectivity index (χ3v) is 6.44. The second-order valence-corrected chi connectivity index (χ2v) is 8.46. The number of nitrogens with zero attached hydrogens (tertiary/aromatic N) is 2. The summed E-state index contributed by atoms with van der Waals surface area (Å²) in [5.41, 5.74) is -0.585. The molecule has 9 nitrogen and oxygen atoms in total. The van der Waals surface area contributed by atoms with Gasteiger partial charge in [0, 0.05) is 6.07 Å². The van der Waals surface area contributed by atoms with Gasteiger partial charge in [-0.2, -0.15) is 0 Å². The van der Waals surface area contributed by atoms with Crippen LogP contribution in [0.2, 0.25) is 0 Å². The molecule has 0 atom stereocenters. The summed E-state index contributed by atoms with van der Waals surface area (Å²) in [5.74, 6) is -0.453. The van der Waals surface area contributed by atoms with Gasteiger partial charge in [0.15, 0.2) is 0 Å². The molecular formula is C22H20N2O7S. The van der Waals surface area contributed by atoms with Crippen LogP contribution in [0.25, 0.3) is 0 Å². The number of methoxy groups -OCH3 is 2. The molecule has 0 aromatic heterocycles. The first-order valence-corrected chi connectivity index (χ1v) is 10.8. The molecule has 0 fully saturated rings. The summed E-state index contributed by atoms with van der Waals surface area (Å²) in [6, 6.07) is 17.9. The summed E-state index contributed by atoms with van der Waals surface area (Å²) < 4.78 is 38.1. The predicted octanol–water partition coefficient (Wildman–Crippen LogP) is 3.79. The van der Waals surface area contributed by atoms with Crippen molar-refractivity contribution < 1.29 is 27.6 Å². The van der Waals surface area contributed by atoms with Crippen LogP contribution in [0.15, 0.2) is 77.7 Å². The quantitative estimate of drug-likeness (QED) is 0.288. The van der Waals surface area contributed by atoms with E-state index in [0.717, 1.165) is 17.5 Å². The molecule has 0 spiro atoms. The molecular weight excluding hydrogens is 436 g/mol. The van der Waals surface area contributed by atoms with Crippen molar-refractivity contribution in [3.63, 3.8) is 0 Å². The number of anilines is 1. The second kappa shape index (κ2) is 9.48. The maximum Gasteiger partial charge on any atom is 0.340 e. The number of rotatable bonds is 8. The van der Waals surface area contributed by atoms with Crippen LogP contribution in [0, 0.1) is 10.1 Å². The smallest absolute Gasteiger partial charge is 0.340 e. The molecule has 0 unspecified atom stereocenters. The van der Waals surface area contributed by atoms with Gasteiger partial charge in [-0.15, -0.1) is 0 Å². The van der Waals surface area contributed by atoms with E-state index in [1.165, 1.54) is 43.5 Å². The van der Waals surface area contributed by atoms with Gasteiger partial charge in [-0.05, 0) is 35.9 Å². The minimum Gasteiger partial charge on any atom is -0.497 e. The summed E-state index contributed by atoms with van der Waals surface area (Å²) in [7, 11) is -1.77. The molecule has 3 aromatic carbocycles. The first-order chi connectivity index (χ1) is 15.3. The third kappa shape index (κ3) is 4.54. The Balaban J connectivity index is 2.28. The fourth-order valence-electron chi connectivity index (χ4n) is 3.12. The first kappa shape index (κ1) is 22.8. The molecule has 10 heteroatoms. The van der Waals surface area contributed by atoms with Gasteiger partial charge in [0.05, 0.1) is 36.1 Å². The largest absolute Gasteiger partial charge is 0.497 e. The fourth-order valence-corrected chi connectivity index (χ4v) is 4.61. The highest BCUT2D eigenvalue weighted by Gasteiger charge is 2.35. The number of carbonyl (C=O) groups is 1. The lowest BCUT2D eigenvalue weighted by molar-refractivity contribution is -0.384. The number of sulfonamides is 1. The summed E-state index contributed by atoms with van der Waals surface area (Å²) in [6.45, 7) is -0.246. The standard InChI is InChI=1S/C22H20N2O7S/c1-30-17-11-13-18(14-12-17)32(28,29)23(15-16-7-4-3-5-8-16)21-19(22(25)31-2)9-6-10-20(21)24(26)27/h3-14H,15H2,1-2H3. The number of ether oxygens (including phenoxy) is 2. The fraction of sp³-hybridized carbons (Fsp3) is 0.136. The maximum absolute atomic E-state index is 13.7. The van der Waals surface area contributed by atoms with Crippen molar-refractivity contribution in [1.29, 1.82) is 0 Å². The van der Waals surface area contributed by atoms with Crippen molar-refractivity contribution in [3.05, 3.63) is 94.0 Å². The van der Waals surface area contributed by atoms with Crippen LogP contribution in [-0.2, 0) is 21.3 Å². The van der Waals surface area contributed by atoms with E-state index in [1.54, 1.807) is 30.3 Å². The van der Waals surface area contributed by atoms with Gasteiger partial charge in [0.2, 0.25) is 0 Å². The van der Waals surface area contributed by atoms with Crippen LogP contribution in [0.3, 0.4) is 0 Å². The van der Waals surface area contributed by atoms with Crippen molar-refractivity contribution in [3.8, 4) is 5.75 Å². The molecule has 0 aliphatic carbocycles. The zero-order chi connectivity index (χ0) is 23.3. The van der Waals surface area contributed by atoms with E-state index in [1.807, 2.05) is 0 Å². The predicted molar refractivity (Wildman–Crippen MR) is 117 cm³/mol. The third-order valence-electron chi connectivity index (χ3n) is 4.68. The Morgan fingerprint density at radius 1 is 0.969 bits per heavy atom. The number of nitro groups is 1. The summed E-state index contributed by atoms with van der Waals surface area (Å²) >= 11 is 0. The van der Waals surface area contributed by atoms with Crippen LogP contribution < -0.4 is 9.04 Å². The lowest BCUT2D eigenvalue weighted by Crippen LogP contribution is -2.32. The maximum atomic E-state index is 13.7. The average Bonchev–Trinajstić information content (AvgIpc) is 2.82. The minimum atomic E-state index is -4.33. The van der Waals surface area contributed by atoms with Crippen LogP contribution in [0.4, 0.5) is 11.4 Å². The highest BCUT2D eigenvalue weighted by molar-refractivity contribution is 7.92. The van der Waals surface area contributed by atoms with E-state index >= 15 is 0 Å². The van der Waals surface area contributed by atoms with Crippen LogP contribution >= 0.6 is 0 Å². The molecule has 0 bridgehead atoms. The van der Waals surface area contributed by atoms with Crippen molar-refractivity contribution in [2.24, 2.45) is 0 Å².